The second kappa shape index (κ2) is 7.63. The van der Waals surface area contributed by atoms with Crippen molar-refractivity contribution >= 4 is 45.6 Å². The van der Waals surface area contributed by atoms with E-state index in [0.717, 1.165) is 10.9 Å². The number of aromatic amines is 1. The van der Waals surface area contributed by atoms with Crippen molar-refractivity contribution in [1.82, 2.24) is 24.9 Å². The van der Waals surface area contributed by atoms with Gasteiger partial charge in [0, 0.05) is 16.5 Å². The van der Waals surface area contributed by atoms with E-state index in [0.29, 0.717) is 33.1 Å². The number of halogens is 1. The van der Waals surface area contributed by atoms with Crippen molar-refractivity contribution in [2.24, 2.45) is 5.73 Å². The third-order valence-corrected chi connectivity index (χ3v) is 5.59. The van der Waals surface area contributed by atoms with Crippen LogP contribution in [0, 0.1) is 12.7 Å². The van der Waals surface area contributed by atoms with E-state index in [-0.39, 0.29) is 17.6 Å². The van der Waals surface area contributed by atoms with Crippen LogP contribution in [0.1, 0.15) is 24.1 Å². The number of pyridine rings is 1. The molecule has 3 heterocycles. The molecule has 3 aromatic heterocycles. The smallest absolute Gasteiger partial charge is 0.227 e. The first-order chi connectivity index (χ1) is 13.9. The lowest BCUT2D eigenvalue weighted by Crippen LogP contribution is -2.15. The molecule has 4 N–H and O–H groups in total. The quantitative estimate of drug-likeness (QED) is 0.417. The lowest BCUT2D eigenvalue weighted by molar-refractivity contribution is -0.115. The molecule has 0 radical (unpaired) electrons. The maximum absolute atomic E-state index is 14.0. The van der Waals surface area contributed by atoms with Gasteiger partial charge >= 0.3 is 0 Å². The van der Waals surface area contributed by atoms with Crippen LogP contribution in [0.5, 0.6) is 0 Å². The van der Waals surface area contributed by atoms with Gasteiger partial charge in [0.25, 0.3) is 0 Å². The van der Waals surface area contributed by atoms with Crippen molar-refractivity contribution < 1.29 is 9.18 Å². The molecule has 0 unspecified atom stereocenters. The van der Waals surface area contributed by atoms with Gasteiger partial charge in [0.1, 0.15) is 22.7 Å². The van der Waals surface area contributed by atoms with Crippen molar-refractivity contribution in [3.8, 4) is 0 Å². The van der Waals surface area contributed by atoms with Crippen LogP contribution in [-0.2, 0) is 4.79 Å². The first-order valence-corrected chi connectivity index (χ1v) is 9.84. The summed E-state index contributed by atoms with van der Waals surface area (Å²) in [5.41, 5.74) is 8.44. The Bertz CT molecular complexity index is 1230. The Kier molecular flexibility index (Phi) is 5.01. The van der Waals surface area contributed by atoms with Crippen LogP contribution in [0.2, 0.25) is 0 Å². The largest absolute Gasteiger partial charge is 0.369 e. The number of hydrogen-bond acceptors (Lipinski definition) is 7. The molecule has 0 bridgehead atoms. The van der Waals surface area contributed by atoms with E-state index in [1.54, 1.807) is 19.3 Å². The number of hydrogen-bond donors (Lipinski definition) is 3. The average molecular weight is 411 g/mol. The zero-order chi connectivity index (χ0) is 20.5. The second-order valence-corrected chi connectivity index (χ2v) is 7.54. The van der Waals surface area contributed by atoms with E-state index in [1.807, 2.05) is 13.0 Å². The van der Waals surface area contributed by atoms with Gasteiger partial charge in [-0.3, -0.25) is 4.79 Å². The lowest BCUT2D eigenvalue weighted by Gasteiger charge is -2.19. The fourth-order valence-corrected chi connectivity index (χ4v) is 3.92. The number of nitrogens with two attached hydrogens (primary N) is 1. The number of rotatable bonds is 6. The summed E-state index contributed by atoms with van der Waals surface area (Å²) in [6.45, 7) is 3.64. The van der Waals surface area contributed by atoms with E-state index >= 15 is 0 Å². The number of primary amides is 1. The fourth-order valence-electron chi connectivity index (χ4n) is 3.08. The lowest BCUT2D eigenvalue weighted by atomic mass is 10.0. The van der Waals surface area contributed by atoms with E-state index in [1.165, 1.54) is 24.2 Å². The van der Waals surface area contributed by atoms with Crippen molar-refractivity contribution in [1.29, 1.82) is 0 Å². The van der Waals surface area contributed by atoms with Crippen LogP contribution in [0.3, 0.4) is 0 Å². The highest BCUT2D eigenvalue weighted by molar-refractivity contribution is 7.99. The number of aromatic nitrogens is 5. The van der Waals surface area contributed by atoms with Crippen LogP contribution < -0.4 is 11.1 Å². The minimum absolute atomic E-state index is 0.0743. The number of aryl methyl sites for hydroxylation is 1. The van der Waals surface area contributed by atoms with Gasteiger partial charge in [0.05, 0.1) is 23.6 Å². The number of nitrogens with one attached hydrogen (secondary N) is 2. The van der Waals surface area contributed by atoms with Crippen LogP contribution >= 0.6 is 11.8 Å². The zero-order valence-corrected chi connectivity index (χ0v) is 16.5. The summed E-state index contributed by atoms with van der Waals surface area (Å²) in [5, 5.41) is 4.76. The molecule has 0 aliphatic heterocycles. The first-order valence-electron chi connectivity index (χ1n) is 8.85. The van der Waals surface area contributed by atoms with Crippen LogP contribution in [0.15, 0.2) is 35.9 Å². The standard InChI is InChI=1S/C19H18FN7OS/c1-9-13(20)4-3-11-5-12(19(27-15(9)11)29-6-14(21)28)10(2)26-18-16-17(23-7-22-16)24-8-25-18/h3-5,7-8,10H,6H2,1-2H3,(H2,21,28)(H2,22,23,24,25,26)/t10-/m0/s1. The summed E-state index contributed by atoms with van der Waals surface area (Å²) < 4.78 is 14.0. The van der Waals surface area contributed by atoms with Gasteiger partial charge in [-0.15, -0.1) is 0 Å². The number of carbonyl (C=O) groups is 1. The van der Waals surface area contributed by atoms with Crippen molar-refractivity contribution in [2.45, 2.75) is 24.9 Å². The molecule has 0 aliphatic rings. The van der Waals surface area contributed by atoms with Gasteiger partial charge in [0.15, 0.2) is 11.5 Å². The highest BCUT2D eigenvalue weighted by Crippen LogP contribution is 2.33. The van der Waals surface area contributed by atoms with Gasteiger partial charge in [-0.1, -0.05) is 11.8 Å². The van der Waals surface area contributed by atoms with Gasteiger partial charge in [-0.05, 0) is 32.0 Å². The third kappa shape index (κ3) is 3.70. The molecule has 29 heavy (non-hydrogen) atoms. The van der Waals surface area contributed by atoms with Crippen molar-refractivity contribution in [3.05, 3.63) is 47.8 Å². The van der Waals surface area contributed by atoms with E-state index in [4.69, 9.17) is 5.73 Å². The molecular formula is C19H18FN7OS. The van der Waals surface area contributed by atoms with Crippen molar-refractivity contribution in [3.63, 3.8) is 0 Å². The van der Waals surface area contributed by atoms with E-state index in [2.05, 4.69) is 30.2 Å². The highest BCUT2D eigenvalue weighted by Gasteiger charge is 2.18. The molecular weight excluding hydrogens is 393 g/mol. The Labute approximate surface area is 169 Å². The number of H-pyrrole nitrogens is 1. The van der Waals surface area contributed by atoms with Crippen LogP contribution in [-0.4, -0.2) is 36.6 Å². The molecule has 1 atom stereocenters. The molecule has 8 nitrogen and oxygen atoms in total. The average Bonchev–Trinajstić information content (AvgIpc) is 3.18. The molecule has 4 aromatic rings. The molecule has 0 saturated carbocycles. The monoisotopic (exact) mass is 411 g/mol. The van der Waals surface area contributed by atoms with Gasteiger partial charge in [0.2, 0.25) is 5.91 Å². The number of fused-ring (bicyclic) bond motifs is 2. The molecule has 10 heteroatoms. The predicted molar refractivity (Wildman–Crippen MR) is 110 cm³/mol. The Hall–Kier alpha value is -3.27. The molecule has 0 spiro atoms. The molecule has 0 fully saturated rings. The summed E-state index contributed by atoms with van der Waals surface area (Å²) in [7, 11) is 0. The Morgan fingerprint density at radius 2 is 2.17 bits per heavy atom. The van der Waals surface area contributed by atoms with Crippen LogP contribution in [0.4, 0.5) is 10.2 Å². The highest BCUT2D eigenvalue weighted by atomic mass is 32.2. The van der Waals surface area contributed by atoms with Gasteiger partial charge in [-0.25, -0.2) is 24.3 Å². The molecule has 0 saturated heterocycles. The Morgan fingerprint density at radius 1 is 1.34 bits per heavy atom. The minimum atomic E-state index is -0.450. The molecule has 0 aliphatic carbocycles. The number of benzene rings is 1. The number of anilines is 1. The summed E-state index contributed by atoms with van der Waals surface area (Å²) in [6, 6.07) is 4.85. The number of thioether (sulfide) groups is 1. The maximum atomic E-state index is 14.0. The SMILES string of the molecule is Cc1c(F)ccc2cc([C@H](C)Nc3ncnc4nc[nH]c34)c(SCC(N)=O)nc12. The molecule has 4 rings (SSSR count). The third-order valence-electron chi connectivity index (χ3n) is 4.56. The summed E-state index contributed by atoms with van der Waals surface area (Å²) in [4.78, 5) is 31.5. The molecule has 148 valence electrons. The van der Waals surface area contributed by atoms with E-state index in [9.17, 15) is 9.18 Å². The fraction of sp³-hybridized carbons (Fsp3) is 0.211. The topological polar surface area (TPSA) is 122 Å². The van der Waals surface area contributed by atoms with Gasteiger partial charge < -0.3 is 16.0 Å². The van der Waals surface area contributed by atoms with Crippen molar-refractivity contribution in [2.75, 3.05) is 11.1 Å². The summed E-state index contributed by atoms with van der Waals surface area (Å²) >= 11 is 1.23. The predicted octanol–water partition coefficient (Wildman–Crippen LogP) is 3.10. The number of amides is 1. The second-order valence-electron chi connectivity index (χ2n) is 6.57. The normalized spacial score (nSPS) is 12.4. The zero-order valence-electron chi connectivity index (χ0n) is 15.7. The summed E-state index contributed by atoms with van der Waals surface area (Å²) in [5.74, 6) is -0.0988. The minimum Gasteiger partial charge on any atom is -0.369 e. The first kappa shape index (κ1) is 19.1. The maximum Gasteiger partial charge on any atom is 0.227 e. The van der Waals surface area contributed by atoms with Gasteiger partial charge in [-0.2, -0.15) is 0 Å². The van der Waals surface area contributed by atoms with Crippen LogP contribution in [0.25, 0.3) is 22.1 Å². The molecule has 1 aromatic carbocycles. The Balaban J connectivity index is 1.77. The number of carbonyl (C=O) groups excluding carboxylic acids is 1. The molecule has 1 amide bonds. The Morgan fingerprint density at radius 3 is 2.97 bits per heavy atom. The number of nitrogens with zero attached hydrogens (tertiary/aromatic N) is 4. The number of imidazole rings is 1. The van der Waals surface area contributed by atoms with E-state index < -0.39 is 5.91 Å². The summed E-state index contributed by atoms with van der Waals surface area (Å²) in [6.07, 6.45) is 2.99.